The van der Waals surface area contributed by atoms with Crippen molar-refractivity contribution in [3.8, 4) is 46.0 Å². The number of nitrogens with zero attached hydrogens (tertiary/aromatic N) is 15. The van der Waals surface area contributed by atoms with Gasteiger partial charge in [0, 0.05) is 90.2 Å². The number of anilines is 1. The summed E-state index contributed by atoms with van der Waals surface area (Å²) in [5.41, 5.74) is 8.49. The van der Waals surface area contributed by atoms with E-state index in [-0.39, 0.29) is 87.3 Å². The first kappa shape index (κ1) is 90.1. The number of methoxy groups -OCH3 is 8. The molecule has 0 aliphatic heterocycles. The van der Waals surface area contributed by atoms with Crippen LogP contribution in [0.1, 0.15) is 101 Å². The fourth-order valence-electron chi connectivity index (χ4n) is 11.2. The molecule has 4 N–H and O–H groups in total. The van der Waals surface area contributed by atoms with Crippen molar-refractivity contribution in [1.82, 2.24) is 79.4 Å². The number of carbonyl (C=O) groups is 4. The first-order chi connectivity index (χ1) is 53.9. The van der Waals surface area contributed by atoms with Gasteiger partial charge in [0.2, 0.25) is 0 Å². The molecule has 1 amide bonds. The number of carboxylic acids is 1. The van der Waals surface area contributed by atoms with Crippen molar-refractivity contribution in [2.45, 2.75) is 67.1 Å². The molecule has 0 unspecified atom stereocenters. The quantitative estimate of drug-likeness (QED) is 0.0322. The van der Waals surface area contributed by atoms with E-state index in [4.69, 9.17) is 117 Å². The second-order valence-electron chi connectivity index (χ2n) is 23.1. The van der Waals surface area contributed by atoms with E-state index in [1.807, 2.05) is 13.8 Å². The van der Waals surface area contributed by atoms with Crippen molar-refractivity contribution < 1.29 is 96.0 Å². The SMILES string of the molecule is CCOC(=O)c1cnc2c(c(C)nn2Cc2nccc(OC)c2OC)c1Cl.CCOC(=O)c1cnc2n[nH]c(C)c2c1Cl.COc1ccnc(CCl)c1OC.COc1ccnc(Cn2nc(C)c3c(Cl)c(C(=O)Nc4ccc(Cl)cc4)cnc32)c1OC.COc1ccnc(Cn2nc(C)c3c(Cl)c(C(=O)O)cnc32)c1OC.[Li+].[OH-]. The van der Waals surface area contributed by atoms with Crippen molar-refractivity contribution >= 4 is 143 Å². The van der Waals surface area contributed by atoms with Gasteiger partial charge in [-0.3, -0.25) is 29.8 Å². The molecular formula is C74H74Cl6LiN17O16. The Kier molecular flexibility index (Phi) is 32.9. The van der Waals surface area contributed by atoms with E-state index in [9.17, 15) is 24.3 Å². The molecule has 0 spiro atoms. The van der Waals surface area contributed by atoms with Crippen molar-refractivity contribution in [2.75, 3.05) is 75.4 Å². The number of alkyl halides is 1. The Morgan fingerprint density at radius 1 is 0.447 bits per heavy atom. The first-order valence-corrected chi connectivity index (χ1v) is 35.8. The third kappa shape index (κ3) is 20.1. The van der Waals surface area contributed by atoms with E-state index in [2.05, 4.69) is 70.7 Å². The Labute approximate surface area is 693 Å². The maximum Gasteiger partial charge on any atom is 1.00 e. The molecule has 0 aliphatic carbocycles. The Hall–Kier alpha value is -11.1. The molecule has 40 heteroatoms. The number of carboxylic acid groups (broad SMARTS) is 1. The molecule has 13 aromatic rings. The molecule has 0 saturated carbocycles. The van der Waals surface area contributed by atoms with Crippen LogP contribution in [-0.4, -0.2) is 184 Å². The number of rotatable bonds is 22. The van der Waals surface area contributed by atoms with Gasteiger partial charge in [0.05, 0.1) is 177 Å². The Balaban J connectivity index is 0.000000203. The molecule has 1 aromatic carbocycles. The van der Waals surface area contributed by atoms with E-state index in [0.717, 1.165) is 5.69 Å². The number of aromatic amines is 1. The molecule has 0 saturated heterocycles. The van der Waals surface area contributed by atoms with Crippen LogP contribution in [0, 0.1) is 27.7 Å². The summed E-state index contributed by atoms with van der Waals surface area (Å²) < 4.78 is 57.2. The van der Waals surface area contributed by atoms with E-state index in [0.29, 0.717) is 165 Å². The smallest absolute Gasteiger partial charge is 0.870 e. The third-order valence-electron chi connectivity index (χ3n) is 16.4. The van der Waals surface area contributed by atoms with Crippen LogP contribution < -0.4 is 62.1 Å². The van der Waals surface area contributed by atoms with Gasteiger partial charge in [0.25, 0.3) is 5.91 Å². The number of aromatic carboxylic acids is 1. The van der Waals surface area contributed by atoms with Gasteiger partial charge in [-0.15, -0.1) is 11.6 Å². The van der Waals surface area contributed by atoms with Gasteiger partial charge in [0.1, 0.15) is 22.8 Å². The molecule has 12 aromatic heterocycles. The van der Waals surface area contributed by atoms with Crippen LogP contribution in [0.15, 0.2) is 98.1 Å². The van der Waals surface area contributed by atoms with E-state index in [1.54, 1.807) is 165 Å². The van der Waals surface area contributed by atoms with Gasteiger partial charge >= 0.3 is 36.8 Å². The predicted octanol–water partition coefficient (Wildman–Crippen LogP) is 11.1. The molecule has 0 aliphatic rings. The predicted molar refractivity (Wildman–Crippen MR) is 422 cm³/mol. The molecule has 33 nitrogen and oxygen atoms in total. The number of carbonyl (C=O) groups excluding carboxylic acids is 3. The molecule has 12 heterocycles. The standard InChI is InChI=1S/C22H19Cl2N5O3.C18H19ClN4O4.C16H15ClN4O4.C10H10ClN3O2.C8H10ClNO2.Li.H2O/c1-12-18-19(24)15(22(30)27-14-6-4-13(23)5-7-14)10-26-21(18)29(28-12)11-16-20(32-3)17(31-2)8-9-25-16;1-5-27-18(24)11-8-21-17-14(15(11)19)10(2)22-23(17)9-12-16(26-4)13(25-3)6-7-20-12;1-8-12-13(17)9(16(22)23)6-19-15(12)21(20-8)7-10-14(25-3)11(24-2)4-5-18-10;1-3-16-10(15)6-4-12-9-7(8(6)11)5(2)13-14-9;1-11-7-3-4-10-6(5-9)8(7)12-2;;/h4-10H,11H2,1-3H3,(H,27,30);6-8H,5,9H2,1-4H3;4-6H,7H2,1-3H3,(H,22,23);4H,3H2,1-2H3,(H,12,13,14);3-4H,5H2,1-2H3;;1H2/q;;;;;+1;/p-1. The monoisotopic (exact) mass is 1670 g/mol. The zero-order valence-electron chi connectivity index (χ0n) is 64.1. The first-order valence-electron chi connectivity index (χ1n) is 33.4. The zero-order chi connectivity index (χ0) is 81.2. The number of halogens is 6. The summed E-state index contributed by atoms with van der Waals surface area (Å²) in [6.45, 7) is 12.0. The normalized spacial score (nSPS) is 10.5. The summed E-state index contributed by atoms with van der Waals surface area (Å²) >= 11 is 37.0. The van der Waals surface area contributed by atoms with Crippen LogP contribution in [0.4, 0.5) is 5.69 Å². The number of hydrogen-bond acceptors (Lipinski definition) is 27. The maximum absolute atomic E-state index is 12.8. The van der Waals surface area contributed by atoms with Crippen LogP contribution in [0.5, 0.6) is 46.0 Å². The molecule has 114 heavy (non-hydrogen) atoms. The summed E-state index contributed by atoms with van der Waals surface area (Å²) in [5, 5.41) is 36.1. The maximum atomic E-state index is 12.8. The van der Waals surface area contributed by atoms with Crippen molar-refractivity contribution in [3.05, 3.63) is 191 Å². The number of nitrogens with one attached hydrogen (secondary N) is 2. The van der Waals surface area contributed by atoms with Crippen molar-refractivity contribution in [2.24, 2.45) is 0 Å². The van der Waals surface area contributed by atoms with Gasteiger partial charge in [0.15, 0.2) is 68.6 Å². The number of pyridine rings is 8. The number of H-pyrrole nitrogens is 1. The van der Waals surface area contributed by atoms with Gasteiger partial charge < -0.3 is 63.3 Å². The molecule has 0 fully saturated rings. The number of aryl methyl sites for hydroxylation is 4. The minimum atomic E-state index is -1.14. The molecule has 594 valence electrons. The van der Waals surface area contributed by atoms with E-state index >= 15 is 0 Å². The van der Waals surface area contributed by atoms with Crippen LogP contribution in [0.2, 0.25) is 25.1 Å². The fraction of sp³-hybridized carbons (Fsp3) is 0.270. The van der Waals surface area contributed by atoms with E-state index < -0.39 is 17.9 Å². The summed E-state index contributed by atoms with van der Waals surface area (Å²) in [6, 6.07) is 13.7. The fourth-order valence-corrected chi connectivity index (χ4v) is 13.0. The van der Waals surface area contributed by atoms with Gasteiger partial charge in [-0.1, -0.05) is 58.0 Å². The second-order valence-corrected chi connectivity index (χ2v) is 25.3. The number of fused-ring (bicyclic) bond motifs is 4. The number of ether oxygens (including phenoxy) is 10. The minimum absolute atomic E-state index is 0. The molecule has 0 bridgehead atoms. The number of amides is 1. The third-order valence-corrected chi connectivity index (χ3v) is 18.5. The molecule has 0 radical (unpaired) electrons. The number of esters is 2. The molecule has 0 atom stereocenters. The van der Waals surface area contributed by atoms with Crippen LogP contribution >= 0.6 is 69.6 Å². The average molecular weight is 1680 g/mol. The topological polar surface area (TPSA) is 408 Å². The summed E-state index contributed by atoms with van der Waals surface area (Å²) in [7, 11) is 12.5. The molecular weight excluding hydrogens is 1600 g/mol. The molecule has 13 rings (SSSR count). The van der Waals surface area contributed by atoms with Gasteiger partial charge in [-0.25, -0.2) is 48.4 Å². The summed E-state index contributed by atoms with van der Waals surface area (Å²) in [4.78, 5) is 81.9. The van der Waals surface area contributed by atoms with Crippen molar-refractivity contribution in [1.29, 1.82) is 0 Å². The number of hydrogen-bond donors (Lipinski definition) is 3. The number of benzene rings is 1. The zero-order valence-corrected chi connectivity index (χ0v) is 68.6. The van der Waals surface area contributed by atoms with Crippen LogP contribution in [0.25, 0.3) is 44.1 Å². The van der Waals surface area contributed by atoms with E-state index in [1.165, 1.54) is 31.9 Å². The largest absolute Gasteiger partial charge is 1.00 e. The second kappa shape index (κ2) is 41.6. The van der Waals surface area contributed by atoms with Gasteiger partial charge in [-0.05, 0) is 65.8 Å². The Morgan fingerprint density at radius 2 is 0.781 bits per heavy atom. The Bertz CT molecular complexity index is 5580. The summed E-state index contributed by atoms with van der Waals surface area (Å²) in [5.74, 6) is 2.32. The van der Waals surface area contributed by atoms with Crippen LogP contribution in [0.3, 0.4) is 0 Å². The Morgan fingerprint density at radius 3 is 1.14 bits per heavy atom. The van der Waals surface area contributed by atoms with Crippen LogP contribution in [-0.2, 0) is 35.0 Å². The summed E-state index contributed by atoms with van der Waals surface area (Å²) in [6.07, 6.45) is 11.9. The van der Waals surface area contributed by atoms with Gasteiger partial charge in [-0.2, -0.15) is 20.4 Å². The minimum Gasteiger partial charge on any atom is -0.870 e. The number of aromatic nitrogens is 16. The average Bonchev–Trinajstić information content (AvgIpc) is 1.61. The van der Waals surface area contributed by atoms with Crippen molar-refractivity contribution in [3.63, 3.8) is 0 Å².